The molecule has 41 heavy (non-hydrogen) atoms. The molecule has 0 bridgehead atoms. The van der Waals surface area contributed by atoms with Crippen molar-refractivity contribution in [2.45, 2.75) is 76.7 Å². The summed E-state index contributed by atoms with van der Waals surface area (Å²) in [4.78, 5) is 27.2. The predicted molar refractivity (Wildman–Crippen MR) is 168 cm³/mol. The van der Waals surface area contributed by atoms with Gasteiger partial charge in [0.25, 0.3) is 0 Å². The highest BCUT2D eigenvalue weighted by Gasteiger charge is 2.46. The van der Waals surface area contributed by atoms with Gasteiger partial charge in [0.2, 0.25) is 0 Å². The van der Waals surface area contributed by atoms with Gasteiger partial charge in [0.1, 0.15) is 24.6 Å². The number of carbonyl (C=O) groups is 2. The summed E-state index contributed by atoms with van der Waals surface area (Å²) >= 11 is 0. The first-order valence-corrected chi connectivity index (χ1v) is 17.6. The molecule has 10 heteroatoms. The molecule has 0 saturated heterocycles. The molecule has 0 aromatic heterocycles. The maximum absolute atomic E-state index is 12.9. The third kappa shape index (κ3) is 10.5. The van der Waals surface area contributed by atoms with E-state index in [2.05, 4.69) is 31.2 Å². The average Bonchev–Trinajstić information content (AvgIpc) is 2.98. The standard InChI is InChI=1S/C31H50N2O6S2/c1-5-30(15-8-6-9-16-30)24-32-28(34)37-18-20-40-41-21-19-38-29(35)39-31(25-13-11-14-27(22-25)36-4)17-10-7-12-26(31)23-33(2)3/h11,13-14,22,26H,5-10,12,15-21,23-24H2,1-4H3,(H,32,34)/t26-,31+/m1/s1. The number of alkyl carbamates (subject to hydrolysis) is 1. The van der Waals surface area contributed by atoms with Crippen LogP contribution in [0.4, 0.5) is 9.59 Å². The van der Waals surface area contributed by atoms with Gasteiger partial charge < -0.3 is 29.2 Å². The third-order valence-electron chi connectivity index (χ3n) is 8.56. The summed E-state index contributed by atoms with van der Waals surface area (Å²) in [5.74, 6) is 2.20. The van der Waals surface area contributed by atoms with Crippen LogP contribution in [-0.2, 0) is 19.8 Å². The molecular formula is C31H50N2O6S2. The average molecular weight is 611 g/mol. The van der Waals surface area contributed by atoms with Crippen molar-refractivity contribution in [2.24, 2.45) is 11.3 Å². The van der Waals surface area contributed by atoms with Crippen LogP contribution in [0, 0.1) is 11.3 Å². The Morgan fingerprint density at radius 2 is 1.71 bits per heavy atom. The van der Waals surface area contributed by atoms with Gasteiger partial charge in [-0.3, -0.25) is 0 Å². The Labute approximate surface area is 254 Å². The molecule has 2 atom stereocenters. The minimum atomic E-state index is -0.748. The lowest BCUT2D eigenvalue weighted by molar-refractivity contribution is -0.0973. The second kappa shape index (κ2) is 17.4. The zero-order valence-electron chi connectivity index (χ0n) is 25.4. The van der Waals surface area contributed by atoms with E-state index in [9.17, 15) is 9.59 Å². The van der Waals surface area contributed by atoms with Crippen molar-refractivity contribution in [3.63, 3.8) is 0 Å². The fourth-order valence-corrected chi connectivity index (χ4v) is 7.90. The van der Waals surface area contributed by atoms with Crippen LogP contribution in [0.25, 0.3) is 0 Å². The molecule has 0 aliphatic heterocycles. The number of methoxy groups -OCH3 is 1. The van der Waals surface area contributed by atoms with E-state index in [1.165, 1.54) is 32.1 Å². The molecule has 2 fully saturated rings. The third-order valence-corrected chi connectivity index (χ3v) is 10.9. The largest absolute Gasteiger partial charge is 0.509 e. The van der Waals surface area contributed by atoms with E-state index >= 15 is 0 Å². The first kappa shape index (κ1) is 33.7. The Kier molecular flexibility index (Phi) is 14.3. The molecule has 1 amide bonds. The van der Waals surface area contributed by atoms with Gasteiger partial charge in [0.05, 0.1) is 7.11 Å². The minimum absolute atomic E-state index is 0.156. The van der Waals surface area contributed by atoms with Gasteiger partial charge in [0.15, 0.2) is 0 Å². The number of hydrogen-bond donors (Lipinski definition) is 1. The van der Waals surface area contributed by atoms with Crippen LogP contribution in [0.5, 0.6) is 5.75 Å². The summed E-state index contributed by atoms with van der Waals surface area (Å²) in [6.45, 7) is 4.33. The summed E-state index contributed by atoms with van der Waals surface area (Å²) in [6, 6.07) is 7.86. The Balaban J connectivity index is 1.38. The van der Waals surface area contributed by atoms with Gasteiger partial charge in [-0.2, -0.15) is 0 Å². The van der Waals surface area contributed by atoms with Crippen LogP contribution in [0.3, 0.4) is 0 Å². The molecule has 2 saturated carbocycles. The van der Waals surface area contributed by atoms with Crippen molar-refractivity contribution >= 4 is 33.8 Å². The van der Waals surface area contributed by atoms with Gasteiger partial charge in [-0.1, -0.05) is 66.3 Å². The Hall–Kier alpha value is -1.78. The predicted octanol–water partition coefficient (Wildman–Crippen LogP) is 7.26. The molecule has 0 heterocycles. The van der Waals surface area contributed by atoms with Crippen LogP contribution in [0.1, 0.15) is 76.7 Å². The highest BCUT2D eigenvalue weighted by molar-refractivity contribution is 8.76. The minimum Gasteiger partial charge on any atom is -0.497 e. The molecule has 2 aliphatic carbocycles. The van der Waals surface area contributed by atoms with Gasteiger partial charge >= 0.3 is 12.2 Å². The summed E-state index contributed by atoms with van der Waals surface area (Å²) in [5.41, 5.74) is 0.445. The number of ether oxygens (including phenoxy) is 4. The maximum Gasteiger partial charge on any atom is 0.509 e. The monoisotopic (exact) mass is 610 g/mol. The number of hydrogen-bond acceptors (Lipinski definition) is 9. The number of carbonyl (C=O) groups excluding carboxylic acids is 2. The highest BCUT2D eigenvalue weighted by atomic mass is 33.1. The van der Waals surface area contributed by atoms with E-state index in [1.807, 2.05) is 24.3 Å². The number of rotatable bonds is 15. The second-order valence-electron chi connectivity index (χ2n) is 11.6. The lowest BCUT2D eigenvalue weighted by Crippen LogP contribution is -2.46. The van der Waals surface area contributed by atoms with Crippen molar-refractivity contribution in [3.8, 4) is 5.75 Å². The molecular weight excluding hydrogens is 560 g/mol. The summed E-state index contributed by atoms with van der Waals surface area (Å²) in [6.07, 6.45) is 10.1. The van der Waals surface area contributed by atoms with Gasteiger partial charge in [-0.05, 0) is 75.7 Å². The van der Waals surface area contributed by atoms with E-state index < -0.39 is 11.8 Å². The van der Waals surface area contributed by atoms with E-state index in [0.717, 1.165) is 50.0 Å². The zero-order chi connectivity index (χ0) is 29.6. The lowest BCUT2D eigenvalue weighted by atomic mass is 9.71. The molecule has 232 valence electrons. The van der Waals surface area contributed by atoms with Crippen LogP contribution < -0.4 is 10.1 Å². The molecule has 3 rings (SSSR count). The Morgan fingerprint density at radius 1 is 1.00 bits per heavy atom. The molecule has 0 radical (unpaired) electrons. The van der Waals surface area contributed by atoms with Crippen molar-refractivity contribution in [3.05, 3.63) is 29.8 Å². The smallest absolute Gasteiger partial charge is 0.497 e. The normalized spacial score (nSPS) is 22.1. The molecule has 2 aliphatic rings. The van der Waals surface area contributed by atoms with Crippen molar-refractivity contribution in [1.29, 1.82) is 0 Å². The van der Waals surface area contributed by atoms with E-state index in [0.29, 0.717) is 24.7 Å². The van der Waals surface area contributed by atoms with E-state index in [4.69, 9.17) is 18.9 Å². The summed E-state index contributed by atoms with van der Waals surface area (Å²) < 4.78 is 22.6. The quantitative estimate of drug-likeness (QED) is 0.125. The van der Waals surface area contributed by atoms with Crippen molar-refractivity contribution in [2.75, 3.05) is 59.0 Å². The van der Waals surface area contributed by atoms with Gasteiger partial charge in [0, 0.05) is 30.5 Å². The second-order valence-corrected chi connectivity index (χ2v) is 14.3. The van der Waals surface area contributed by atoms with Gasteiger partial charge in [-0.15, -0.1) is 0 Å². The SMILES string of the molecule is CCC1(CNC(=O)OCCSSCCOC(=O)O[C@]2(c3cccc(OC)c3)CCCC[C@@H]2CN(C)C)CCCCC1. The van der Waals surface area contributed by atoms with Crippen molar-refractivity contribution in [1.82, 2.24) is 10.2 Å². The topological polar surface area (TPSA) is 86.3 Å². The lowest BCUT2D eigenvalue weighted by Gasteiger charge is -2.44. The van der Waals surface area contributed by atoms with Crippen LogP contribution in [0.15, 0.2) is 24.3 Å². The van der Waals surface area contributed by atoms with E-state index in [-0.39, 0.29) is 24.0 Å². The Bertz CT molecular complexity index is 943. The fourth-order valence-electron chi connectivity index (χ4n) is 6.25. The Morgan fingerprint density at radius 3 is 2.39 bits per heavy atom. The summed E-state index contributed by atoms with van der Waals surface area (Å²) in [5, 5.41) is 2.98. The number of amides is 1. The first-order valence-electron chi connectivity index (χ1n) is 15.1. The molecule has 8 nitrogen and oxygen atoms in total. The molecule has 1 aromatic carbocycles. The molecule has 1 N–H and O–H groups in total. The molecule has 1 aromatic rings. The van der Waals surface area contributed by atoms with Crippen molar-refractivity contribution < 1.29 is 28.5 Å². The summed E-state index contributed by atoms with van der Waals surface area (Å²) in [7, 11) is 8.94. The fraction of sp³-hybridized carbons (Fsp3) is 0.742. The van der Waals surface area contributed by atoms with Crippen LogP contribution in [-0.4, -0.2) is 76.2 Å². The number of nitrogens with one attached hydrogen (secondary N) is 1. The van der Waals surface area contributed by atoms with E-state index in [1.54, 1.807) is 28.7 Å². The first-order chi connectivity index (χ1) is 19.8. The number of nitrogens with zero attached hydrogens (tertiary/aromatic N) is 1. The van der Waals surface area contributed by atoms with Crippen LogP contribution in [0.2, 0.25) is 0 Å². The highest BCUT2D eigenvalue weighted by Crippen LogP contribution is 2.46. The maximum atomic E-state index is 12.9. The number of benzene rings is 1. The van der Waals surface area contributed by atoms with Gasteiger partial charge in [-0.25, -0.2) is 9.59 Å². The zero-order valence-corrected chi connectivity index (χ0v) is 27.0. The molecule has 0 unspecified atom stereocenters. The van der Waals surface area contributed by atoms with Crippen LogP contribution >= 0.6 is 21.6 Å². The molecule has 0 spiro atoms.